The zero-order valence-corrected chi connectivity index (χ0v) is 16.9. The van der Waals surface area contributed by atoms with Gasteiger partial charge < -0.3 is 10.1 Å². The van der Waals surface area contributed by atoms with Crippen LogP contribution in [0.3, 0.4) is 0 Å². The fourth-order valence-corrected chi connectivity index (χ4v) is 4.42. The molecule has 29 heavy (non-hydrogen) atoms. The number of ether oxygens (including phenoxy) is 1. The molecule has 0 amide bonds. The predicted octanol–water partition coefficient (Wildman–Crippen LogP) is 5.02. The first-order valence-corrected chi connectivity index (χ1v) is 10.3. The molecule has 0 radical (unpaired) electrons. The topological polar surface area (TPSA) is 33.6 Å². The maximum absolute atomic E-state index is 5.69. The molecule has 2 atom stereocenters. The first-order chi connectivity index (χ1) is 14.2. The summed E-state index contributed by atoms with van der Waals surface area (Å²) in [6.07, 6.45) is 1.05. The van der Waals surface area contributed by atoms with Gasteiger partial charge in [0.25, 0.3) is 0 Å². The van der Waals surface area contributed by atoms with Gasteiger partial charge >= 0.3 is 0 Å². The average Bonchev–Trinajstić information content (AvgIpc) is 3.48. The largest absolute Gasteiger partial charge is 0.374 e. The zero-order valence-electron chi connectivity index (χ0n) is 16.0. The molecule has 1 aliphatic heterocycles. The maximum Gasteiger partial charge on any atom is 0.102 e. The van der Waals surface area contributed by atoms with E-state index >= 15 is 0 Å². The highest BCUT2D eigenvalue weighted by Crippen LogP contribution is 2.53. The standard InChI is InChI=1S/C25H22N2OS/c29-23-17-28-16-21-15-25(21,27-23)20-12-7-13-22(14-20)26-24(18-8-3-1-4-9-18)19-10-5-2-6-11-19/h1-14,21H,15-17H2,(H,27,29). The van der Waals surface area contributed by atoms with E-state index in [1.54, 1.807) is 0 Å². The molecule has 3 nitrogen and oxygen atoms in total. The van der Waals surface area contributed by atoms with E-state index in [2.05, 4.69) is 53.8 Å². The average molecular weight is 399 g/mol. The molecule has 1 aliphatic carbocycles. The number of rotatable bonds is 4. The minimum atomic E-state index is -0.0984. The van der Waals surface area contributed by atoms with Crippen molar-refractivity contribution in [2.45, 2.75) is 12.0 Å². The Balaban J connectivity index is 1.56. The molecule has 0 bridgehead atoms. The molecular weight excluding hydrogens is 376 g/mol. The molecule has 144 valence electrons. The summed E-state index contributed by atoms with van der Waals surface area (Å²) in [6.45, 7) is 1.26. The predicted molar refractivity (Wildman–Crippen MR) is 121 cm³/mol. The van der Waals surface area contributed by atoms with Crippen molar-refractivity contribution in [1.29, 1.82) is 0 Å². The van der Waals surface area contributed by atoms with E-state index in [-0.39, 0.29) is 5.54 Å². The second-order valence-electron chi connectivity index (χ2n) is 7.68. The molecule has 1 heterocycles. The van der Waals surface area contributed by atoms with Gasteiger partial charge in [0.15, 0.2) is 0 Å². The van der Waals surface area contributed by atoms with Crippen LogP contribution in [0.5, 0.6) is 0 Å². The lowest BCUT2D eigenvalue weighted by Crippen LogP contribution is -2.35. The number of nitrogens with zero attached hydrogens (tertiary/aromatic N) is 1. The molecule has 4 heteroatoms. The van der Waals surface area contributed by atoms with E-state index in [1.807, 2.05) is 36.4 Å². The molecule has 5 rings (SSSR count). The van der Waals surface area contributed by atoms with Crippen LogP contribution in [0.15, 0.2) is 89.9 Å². The number of nitrogens with one attached hydrogen (secondary N) is 1. The Labute approximate surface area is 176 Å². The van der Waals surface area contributed by atoms with Crippen molar-refractivity contribution in [1.82, 2.24) is 5.32 Å². The summed E-state index contributed by atoms with van der Waals surface area (Å²) in [5.41, 5.74) is 5.27. The van der Waals surface area contributed by atoms with Gasteiger partial charge in [-0.25, -0.2) is 4.99 Å². The zero-order chi connectivity index (χ0) is 19.7. The van der Waals surface area contributed by atoms with Crippen molar-refractivity contribution in [2.75, 3.05) is 13.2 Å². The third kappa shape index (κ3) is 3.61. The van der Waals surface area contributed by atoms with Gasteiger partial charge in [-0.05, 0) is 24.1 Å². The summed E-state index contributed by atoms with van der Waals surface area (Å²) in [4.78, 5) is 5.86. The first-order valence-electron chi connectivity index (χ1n) is 9.93. The van der Waals surface area contributed by atoms with Gasteiger partial charge in [0.1, 0.15) is 4.99 Å². The molecule has 2 aliphatic rings. The highest BCUT2D eigenvalue weighted by Gasteiger charge is 2.57. The van der Waals surface area contributed by atoms with E-state index in [0.717, 1.165) is 40.5 Å². The summed E-state index contributed by atoms with van der Waals surface area (Å²) in [5.74, 6) is 0.463. The lowest BCUT2D eigenvalue weighted by Gasteiger charge is -2.19. The summed E-state index contributed by atoms with van der Waals surface area (Å²) in [7, 11) is 0. The van der Waals surface area contributed by atoms with Crippen molar-refractivity contribution < 1.29 is 4.74 Å². The normalized spacial score (nSPS) is 22.8. The fraction of sp³-hybridized carbons (Fsp3) is 0.200. The molecule has 2 unspecified atom stereocenters. The summed E-state index contributed by atoms with van der Waals surface area (Å²) in [5, 5.41) is 3.55. The van der Waals surface area contributed by atoms with E-state index in [0.29, 0.717) is 12.5 Å². The lowest BCUT2D eigenvalue weighted by atomic mass is 10.0. The number of aliphatic imine (C=N–C) groups is 1. The first kappa shape index (κ1) is 18.2. The van der Waals surface area contributed by atoms with Crippen LogP contribution in [-0.2, 0) is 10.3 Å². The van der Waals surface area contributed by atoms with Gasteiger partial charge in [-0.2, -0.15) is 0 Å². The molecular formula is C25H22N2OS. The Morgan fingerprint density at radius 2 is 1.62 bits per heavy atom. The Kier molecular flexibility index (Phi) is 4.74. The van der Waals surface area contributed by atoms with E-state index < -0.39 is 0 Å². The number of fused-ring (bicyclic) bond motifs is 1. The highest BCUT2D eigenvalue weighted by atomic mass is 32.1. The molecule has 2 fully saturated rings. The van der Waals surface area contributed by atoms with Crippen LogP contribution in [0.2, 0.25) is 0 Å². The van der Waals surface area contributed by atoms with Crippen molar-refractivity contribution in [3.63, 3.8) is 0 Å². The Morgan fingerprint density at radius 3 is 2.31 bits per heavy atom. The minimum Gasteiger partial charge on any atom is -0.374 e. The maximum atomic E-state index is 5.69. The van der Waals surface area contributed by atoms with E-state index in [1.165, 1.54) is 5.56 Å². The molecule has 0 aromatic heterocycles. The molecule has 0 spiro atoms. The Hall–Kier alpha value is -2.82. The second-order valence-corrected chi connectivity index (χ2v) is 8.17. The molecule has 1 saturated heterocycles. The quantitative estimate of drug-likeness (QED) is 0.495. The van der Waals surface area contributed by atoms with Gasteiger partial charge in [0.2, 0.25) is 0 Å². The molecule has 1 saturated carbocycles. The number of hydrogen-bond donors (Lipinski definition) is 1. The van der Waals surface area contributed by atoms with Crippen LogP contribution in [0.1, 0.15) is 23.1 Å². The van der Waals surface area contributed by atoms with Crippen LogP contribution >= 0.6 is 12.2 Å². The smallest absolute Gasteiger partial charge is 0.102 e. The van der Waals surface area contributed by atoms with Crippen molar-refractivity contribution in [2.24, 2.45) is 10.9 Å². The van der Waals surface area contributed by atoms with Gasteiger partial charge in [-0.3, -0.25) is 0 Å². The third-order valence-corrected chi connectivity index (χ3v) is 5.94. The minimum absolute atomic E-state index is 0.0984. The highest BCUT2D eigenvalue weighted by molar-refractivity contribution is 7.80. The molecule has 3 aromatic carbocycles. The van der Waals surface area contributed by atoms with Gasteiger partial charge in [-0.15, -0.1) is 0 Å². The number of benzene rings is 3. The van der Waals surface area contributed by atoms with E-state index in [9.17, 15) is 0 Å². The molecule has 3 aromatic rings. The monoisotopic (exact) mass is 398 g/mol. The van der Waals surface area contributed by atoms with Gasteiger partial charge in [-0.1, -0.05) is 85.0 Å². The Morgan fingerprint density at radius 1 is 0.931 bits per heavy atom. The van der Waals surface area contributed by atoms with Crippen molar-refractivity contribution >= 4 is 28.6 Å². The van der Waals surface area contributed by atoms with Crippen LogP contribution in [0.4, 0.5) is 5.69 Å². The lowest BCUT2D eigenvalue weighted by molar-refractivity contribution is 0.162. The van der Waals surface area contributed by atoms with Gasteiger partial charge in [0.05, 0.1) is 30.2 Å². The Bertz CT molecular complexity index is 1020. The molecule has 1 N–H and O–H groups in total. The summed E-state index contributed by atoms with van der Waals surface area (Å²) < 4.78 is 5.69. The van der Waals surface area contributed by atoms with Crippen LogP contribution in [0.25, 0.3) is 0 Å². The van der Waals surface area contributed by atoms with Crippen molar-refractivity contribution in [3.05, 3.63) is 102 Å². The summed E-state index contributed by atoms with van der Waals surface area (Å²) >= 11 is 5.43. The van der Waals surface area contributed by atoms with Crippen LogP contribution in [0, 0.1) is 5.92 Å². The van der Waals surface area contributed by atoms with E-state index in [4.69, 9.17) is 21.9 Å². The SMILES string of the molecule is S=C1COCC2CC2(c2cccc(N=C(c3ccccc3)c3ccccc3)c2)N1. The summed E-state index contributed by atoms with van der Waals surface area (Å²) in [6, 6.07) is 29.2. The fourth-order valence-electron chi connectivity index (χ4n) is 4.16. The van der Waals surface area contributed by atoms with Crippen LogP contribution < -0.4 is 5.32 Å². The number of hydrogen-bond acceptors (Lipinski definition) is 3. The third-order valence-electron chi connectivity index (χ3n) is 5.72. The van der Waals surface area contributed by atoms with Gasteiger partial charge in [0, 0.05) is 17.0 Å². The van der Waals surface area contributed by atoms with Crippen molar-refractivity contribution in [3.8, 4) is 0 Å². The number of thiocarbonyl (C=S) groups is 1. The van der Waals surface area contributed by atoms with Crippen LogP contribution in [-0.4, -0.2) is 23.9 Å². The second kappa shape index (κ2) is 7.54.